The second-order valence-corrected chi connectivity index (χ2v) is 13.5. The van der Waals surface area contributed by atoms with Crippen molar-refractivity contribution in [2.45, 2.75) is 0 Å². The van der Waals surface area contributed by atoms with E-state index < -0.39 is 50.3 Å². The molecule has 0 aliphatic heterocycles. The third-order valence-electron chi connectivity index (χ3n) is 9.92. The molecule has 8 aromatic rings. The Morgan fingerprint density at radius 3 is 1.20 bits per heavy atom. The largest absolute Gasteiger partial charge is 0.478 e. The number of hydrogen-bond acceptors (Lipinski definition) is 8. The summed E-state index contributed by atoms with van der Waals surface area (Å²) in [5.74, 6) is -2.82. The van der Waals surface area contributed by atoms with Crippen LogP contribution >= 0.6 is 0 Å². The van der Waals surface area contributed by atoms with Crippen LogP contribution in [-0.2, 0) is 0 Å². The van der Waals surface area contributed by atoms with Crippen LogP contribution in [0.3, 0.4) is 0 Å². The Morgan fingerprint density at radius 2 is 0.814 bits per heavy atom. The van der Waals surface area contributed by atoms with E-state index >= 15 is 0 Å². The molecule has 0 aliphatic rings. The normalized spacial score (nSPS) is 11.5. The predicted octanol–water partition coefficient (Wildman–Crippen LogP) is 6.61. The highest BCUT2D eigenvalue weighted by molar-refractivity contribution is 6.24. The Kier molecular flexibility index (Phi) is 9.68. The van der Waals surface area contributed by atoms with Gasteiger partial charge in [0, 0.05) is 22.3 Å². The standard InChI is InChI=1S/C48H28N2O9/c51-38(25-11-28-7-3-1-4-8-28)30-17-21-34(22-18-30)49-44(54)36-27-37-41(42(40(36)46(49)56)43(53)32-13-15-33(16-14-32)48(58)59)47(57)50(45(37)55)35-23-19-31(20-24-35)39(52)26-12-29-9-5-2-6-10-29/h1-27H,(H,58,59)/b25-11+,26-12+. The molecule has 0 unspecified atom stereocenters. The van der Waals surface area contributed by atoms with Gasteiger partial charge in [-0.25, -0.2) is 13.9 Å². The second kappa shape index (κ2) is 15.2. The molecule has 0 fully saturated rings. The molecule has 1 N–H and O–H groups in total. The predicted molar refractivity (Wildman–Crippen MR) is 224 cm³/mol. The molecule has 0 radical (unpaired) electrons. The molecule has 0 amide bonds. The van der Waals surface area contributed by atoms with Crippen molar-refractivity contribution in [2.24, 2.45) is 0 Å². The summed E-state index contributed by atoms with van der Waals surface area (Å²) in [6.45, 7) is 0. The van der Waals surface area contributed by atoms with Crippen LogP contribution in [0.5, 0.6) is 0 Å². The topological polar surface area (TPSA) is 167 Å². The van der Waals surface area contributed by atoms with E-state index in [1.165, 1.54) is 84.9 Å². The number of aromatic carboxylic acids is 1. The van der Waals surface area contributed by atoms with Crippen LogP contribution in [0.4, 0.5) is 0 Å². The number of rotatable bonds is 11. The number of benzene rings is 6. The fourth-order valence-corrected chi connectivity index (χ4v) is 6.93. The van der Waals surface area contributed by atoms with Gasteiger partial charge >= 0.3 is 5.97 Å². The van der Waals surface area contributed by atoms with E-state index in [2.05, 4.69) is 0 Å². The summed E-state index contributed by atoms with van der Waals surface area (Å²) in [7, 11) is 0. The summed E-state index contributed by atoms with van der Waals surface area (Å²) in [4.78, 5) is 109. The molecule has 0 bridgehead atoms. The Labute approximate surface area is 333 Å². The minimum absolute atomic E-state index is 0.0664. The van der Waals surface area contributed by atoms with Crippen LogP contribution in [0.25, 0.3) is 45.1 Å². The number of fused-ring (bicyclic) bond motifs is 2. The minimum Gasteiger partial charge on any atom is -0.478 e. The first-order valence-electron chi connectivity index (χ1n) is 18.1. The summed E-state index contributed by atoms with van der Waals surface area (Å²) < 4.78 is 1.60. The monoisotopic (exact) mass is 776 g/mol. The third-order valence-corrected chi connectivity index (χ3v) is 9.92. The molecule has 284 valence electrons. The summed E-state index contributed by atoms with van der Waals surface area (Å²) >= 11 is 0. The molecule has 8 rings (SSSR count). The van der Waals surface area contributed by atoms with Crippen molar-refractivity contribution in [3.8, 4) is 11.4 Å². The van der Waals surface area contributed by atoms with Crippen molar-refractivity contribution in [3.63, 3.8) is 0 Å². The van der Waals surface area contributed by atoms with Gasteiger partial charge in [0.2, 0.25) is 0 Å². The number of nitrogens with zero attached hydrogens (tertiary/aromatic N) is 2. The fourth-order valence-electron chi connectivity index (χ4n) is 6.93. The van der Waals surface area contributed by atoms with Gasteiger partial charge in [0.25, 0.3) is 22.2 Å². The lowest BCUT2D eigenvalue weighted by molar-refractivity contribution is 0.0696. The van der Waals surface area contributed by atoms with E-state index in [-0.39, 0.29) is 56.0 Å². The maximum atomic E-state index is 14.4. The van der Waals surface area contributed by atoms with Gasteiger partial charge in [-0.2, -0.15) is 0 Å². The number of allylic oxidation sites excluding steroid dienone is 2. The lowest BCUT2D eigenvalue weighted by Gasteiger charge is -2.05. The zero-order valence-corrected chi connectivity index (χ0v) is 30.7. The summed E-state index contributed by atoms with van der Waals surface area (Å²) in [6.07, 6.45) is 6.09. The maximum absolute atomic E-state index is 14.4. The highest BCUT2D eigenvalue weighted by Gasteiger charge is 2.29. The van der Waals surface area contributed by atoms with Gasteiger partial charge in [-0.1, -0.05) is 84.9 Å². The highest BCUT2D eigenvalue weighted by Crippen LogP contribution is 2.27. The molecular formula is C48H28N2O9. The molecule has 2 heterocycles. The smallest absolute Gasteiger partial charge is 0.335 e. The number of carbonyl (C=O) groups is 4. The van der Waals surface area contributed by atoms with Gasteiger partial charge in [0.1, 0.15) is 0 Å². The van der Waals surface area contributed by atoms with Gasteiger partial charge in [-0.05, 0) is 90.0 Å². The number of carbonyl (C=O) groups excluding carboxylic acids is 3. The van der Waals surface area contributed by atoms with Crippen LogP contribution in [0.1, 0.15) is 58.1 Å². The highest BCUT2D eigenvalue weighted by atomic mass is 16.4. The lowest BCUT2D eigenvalue weighted by atomic mass is 9.94. The second-order valence-electron chi connectivity index (χ2n) is 13.5. The van der Waals surface area contributed by atoms with Crippen molar-refractivity contribution in [1.29, 1.82) is 0 Å². The van der Waals surface area contributed by atoms with Crippen LogP contribution in [0.2, 0.25) is 0 Å². The molecule has 0 spiro atoms. The van der Waals surface area contributed by atoms with E-state index in [1.807, 2.05) is 60.7 Å². The number of carboxylic acid groups (broad SMARTS) is 1. The molecule has 0 atom stereocenters. The molecular weight excluding hydrogens is 749 g/mol. The van der Waals surface area contributed by atoms with Gasteiger partial charge in [0.05, 0.1) is 38.5 Å². The summed E-state index contributed by atoms with van der Waals surface area (Å²) in [6, 6.07) is 35.6. The van der Waals surface area contributed by atoms with Crippen LogP contribution < -0.4 is 22.2 Å². The minimum atomic E-state index is -1.25. The van der Waals surface area contributed by atoms with Crippen molar-refractivity contribution in [1.82, 2.24) is 9.13 Å². The van der Waals surface area contributed by atoms with Crippen LogP contribution in [0.15, 0.2) is 171 Å². The van der Waals surface area contributed by atoms with Crippen molar-refractivity contribution >= 4 is 57.0 Å². The zero-order chi connectivity index (χ0) is 41.4. The molecule has 0 saturated carbocycles. The first-order valence-corrected chi connectivity index (χ1v) is 18.1. The van der Waals surface area contributed by atoms with Crippen molar-refractivity contribution < 1.29 is 24.3 Å². The molecule has 59 heavy (non-hydrogen) atoms. The van der Waals surface area contributed by atoms with Crippen molar-refractivity contribution in [2.75, 3.05) is 0 Å². The average molecular weight is 777 g/mol. The Balaban J connectivity index is 1.25. The summed E-state index contributed by atoms with van der Waals surface area (Å²) in [5, 5.41) is 7.98. The number of hydrogen-bond donors (Lipinski definition) is 1. The quantitative estimate of drug-likeness (QED) is 0.112. The van der Waals surface area contributed by atoms with Gasteiger partial charge in [-0.3, -0.25) is 33.6 Å². The van der Waals surface area contributed by atoms with Crippen LogP contribution in [-0.4, -0.2) is 37.6 Å². The van der Waals surface area contributed by atoms with E-state index in [0.29, 0.717) is 0 Å². The lowest BCUT2D eigenvalue weighted by Crippen LogP contribution is -2.25. The SMILES string of the molecule is O=C(O)c1ccc(C(=O)c2c3c(=O)n(-c4ccc(C(=O)/C=C/c5ccccc5)cc4)c(=O)c3cc3c(=O)n(-c4ccc(C(=O)/C=C/c5ccccc5)cc4)c(=O)c23)cc1. The maximum Gasteiger partial charge on any atom is 0.335 e. The molecule has 6 aromatic carbocycles. The van der Waals surface area contributed by atoms with E-state index in [0.717, 1.165) is 26.3 Å². The van der Waals surface area contributed by atoms with E-state index in [9.17, 15) is 43.5 Å². The Hall–Kier alpha value is -8.44. The first kappa shape index (κ1) is 37.5. The number of ketones is 3. The van der Waals surface area contributed by atoms with Gasteiger partial charge < -0.3 is 5.11 Å². The molecule has 0 saturated heterocycles. The van der Waals surface area contributed by atoms with Gasteiger partial charge in [-0.15, -0.1) is 0 Å². The Bertz CT molecular complexity index is 3090. The molecule has 11 heteroatoms. The number of carboxylic acids is 1. The third kappa shape index (κ3) is 6.89. The van der Waals surface area contributed by atoms with E-state index in [1.54, 1.807) is 12.2 Å². The Morgan fingerprint density at radius 1 is 0.441 bits per heavy atom. The fraction of sp³-hybridized carbons (Fsp3) is 0. The van der Waals surface area contributed by atoms with Crippen molar-refractivity contribution in [3.05, 3.63) is 232 Å². The number of aromatic nitrogens is 2. The molecule has 2 aromatic heterocycles. The summed E-state index contributed by atoms with van der Waals surface area (Å²) in [5.41, 5.74) is -2.09. The van der Waals surface area contributed by atoms with Crippen LogP contribution in [0, 0.1) is 0 Å². The van der Waals surface area contributed by atoms with E-state index in [4.69, 9.17) is 0 Å². The average Bonchev–Trinajstić information content (AvgIpc) is 3.67. The molecule has 0 aliphatic carbocycles. The first-order chi connectivity index (χ1) is 28.5. The molecule has 11 nitrogen and oxygen atoms in total. The zero-order valence-electron chi connectivity index (χ0n) is 30.7. The van der Waals surface area contributed by atoms with Gasteiger partial charge in [0.15, 0.2) is 17.3 Å².